The van der Waals surface area contributed by atoms with Crippen LogP contribution in [0.1, 0.15) is 37.0 Å². The van der Waals surface area contributed by atoms with Gasteiger partial charge in [-0.05, 0) is 43.7 Å². The molecule has 4 rings (SSSR count). The second-order valence-electron chi connectivity index (χ2n) is 6.77. The monoisotopic (exact) mass is 433 g/mol. The molecule has 0 aliphatic heterocycles. The molecule has 0 spiro atoms. The van der Waals surface area contributed by atoms with Gasteiger partial charge in [0, 0.05) is 34.9 Å². The number of hydrogen-bond acceptors (Lipinski definition) is 3. The van der Waals surface area contributed by atoms with Crippen LogP contribution in [-0.2, 0) is 13.0 Å². The van der Waals surface area contributed by atoms with Gasteiger partial charge in [-0.2, -0.15) is 9.37 Å². The highest BCUT2D eigenvalue weighted by Crippen LogP contribution is 2.24. The van der Waals surface area contributed by atoms with Crippen molar-refractivity contribution in [2.24, 2.45) is 0 Å². The minimum Gasteiger partial charge on any atom is -0.339 e. The fourth-order valence-corrected chi connectivity index (χ4v) is 3.86. The number of hydrogen-bond donors (Lipinski definition) is 1. The van der Waals surface area contributed by atoms with Crippen molar-refractivity contribution in [2.75, 3.05) is 0 Å². The summed E-state index contributed by atoms with van der Waals surface area (Å²) in [4.78, 5) is 24.2. The molecule has 0 aliphatic carbocycles. The summed E-state index contributed by atoms with van der Waals surface area (Å²) < 4.78 is 16.7. The van der Waals surface area contributed by atoms with E-state index in [4.69, 9.17) is 23.2 Å². The van der Waals surface area contributed by atoms with Crippen molar-refractivity contribution in [2.45, 2.75) is 32.9 Å². The van der Waals surface area contributed by atoms with Crippen LogP contribution < -0.4 is 5.69 Å². The van der Waals surface area contributed by atoms with Gasteiger partial charge in [-0.15, -0.1) is 0 Å². The van der Waals surface area contributed by atoms with E-state index in [1.807, 2.05) is 26.1 Å². The second-order valence-corrected chi connectivity index (χ2v) is 7.61. The maximum absolute atomic E-state index is 13.4. The molecule has 0 fully saturated rings. The summed E-state index contributed by atoms with van der Waals surface area (Å²) in [5.74, 6) is -0.0656. The van der Waals surface area contributed by atoms with Crippen LogP contribution in [0.25, 0.3) is 11.2 Å². The van der Waals surface area contributed by atoms with Gasteiger partial charge >= 0.3 is 5.69 Å². The molecule has 29 heavy (non-hydrogen) atoms. The molecule has 0 saturated carbocycles. The third kappa shape index (κ3) is 3.68. The Morgan fingerprint density at radius 1 is 1.21 bits per heavy atom. The molecule has 1 atom stereocenters. The summed E-state index contributed by atoms with van der Waals surface area (Å²) in [7, 11) is 0. The number of halogens is 3. The Kier molecular flexibility index (Phi) is 5.19. The molecule has 6 nitrogen and oxygen atoms in total. The van der Waals surface area contributed by atoms with Crippen LogP contribution in [-0.4, -0.2) is 24.1 Å². The minimum atomic E-state index is -0.598. The molecule has 0 amide bonds. The first-order valence-corrected chi connectivity index (χ1v) is 9.89. The Morgan fingerprint density at radius 2 is 2.00 bits per heavy atom. The number of aromatic amines is 1. The largest absolute Gasteiger partial charge is 0.339 e. The van der Waals surface area contributed by atoms with Gasteiger partial charge in [0.05, 0.1) is 11.6 Å². The van der Waals surface area contributed by atoms with Crippen LogP contribution in [0.5, 0.6) is 0 Å². The molecule has 4 aromatic rings. The van der Waals surface area contributed by atoms with Crippen LogP contribution in [0.3, 0.4) is 0 Å². The highest BCUT2D eigenvalue weighted by atomic mass is 35.5. The Morgan fingerprint density at radius 3 is 2.72 bits per heavy atom. The van der Waals surface area contributed by atoms with Gasteiger partial charge in [0.25, 0.3) is 0 Å². The van der Waals surface area contributed by atoms with Crippen molar-refractivity contribution in [3.63, 3.8) is 0 Å². The van der Waals surface area contributed by atoms with Crippen molar-refractivity contribution in [3.05, 3.63) is 80.1 Å². The molecular weight excluding hydrogens is 416 g/mol. The molecule has 1 unspecified atom stereocenters. The van der Waals surface area contributed by atoms with Crippen molar-refractivity contribution in [1.29, 1.82) is 0 Å². The third-order valence-electron chi connectivity index (χ3n) is 4.93. The van der Waals surface area contributed by atoms with Crippen molar-refractivity contribution >= 4 is 34.4 Å². The number of fused-ring (bicyclic) bond motifs is 1. The lowest BCUT2D eigenvalue weighted by molar-refractivity contribution is 0.564. The standard InChI is InChI=1S/C20H18Cl2FN5O/c1-3-27-14(8-12-4-5-13(21)9-15(12)22)10-28(20(27)29)11(2)18-24-16-6-7-17(23)25-19(16)26-18/h4-7,9-11H,3,8H2,1-2H3,(H,24,25,26). The lowest BCUT2D eigenvalue weighted by atomic mass is 10.1. The zero-order valence-corrected chi connectivity index (χ0v) is 17.3. The van der Waals surface area contributed by atoms with Gasteiger partial charge in [0.15, 0.2) is 5.65 Å². The Bertz CT molecular complexity index is 1260. The summed E-state index contributed by atoms with van der Waals surface area (Å²) in [5.41, 5.74) is 2.45. The van der Waals surface area contributed by atoms with Gasteiger partial charge in [-0.3, -0.25) is 9.13 Å². The molecule has 1 N–H and O–H groups in total. The zero-order chi connectivity index (χ0) is 20.7. The Labute approximate surface area is 175 Å². The summed E-state index contributed by atoms with van der Waals surface area (Å²) in [6.45, 7) is 4.29. The average molecular weight is 434 g/mol. The second kappa shape index (κ2) is 7.65. The summed E-state index contributed by atoms with van der Waals surface area (Å²) in [6, 6.07) is 7.78. The van der Waals surface area contributed by atoms with E-state index in [1.165, 1.54) is 6.07 Å². The van der Waals surface area contributed by atoms with Crippen molar-refractivity contribution in [3.8, 4) is 0 Å². The first-order chi connectivity index (χ1) is 13.9. The first kappa shape index (κ1) is 19.7. The zero-order valence-electron chi connectivity index (χ0n) is 15.8. The first-order valence-electron chi connectivity index (χ1n) is 9.14. The van der Waals surface area contributed by atoms with Gasteiger partial charge < -0.3 is 4.98 Å². The average Bonchev–Trinajstić information content (AvgIpc) is 3.23. The van der Waals surface area contributed by atoms with E-state index in [2.05, 4.69) is 15.0 Å². The van der Waals surface area contributed by atoms with Gasteiger partial charge in [-0.25, -0.2) is 9.78 Å². The van der Waals surface area contributed by atoms with Gasteiger partial charge in [-0.1, -0.05) is 29.3 Å². The molecular formula is C20H18Cl2FN5O. The van der Waals surface area contributed by atoms with Crippen molar-refractivity contribution in [1.82, 2.24) is 24.1 Å². The van der Waals surface area contributed by atoms with E-state index in [9.17, 15) is 9.18 Å². The summed E-state index contributed by atoms with van der Waals surface area (Å²) in [6.07, 6.45) is 2.30. The van der Waals surface area contributed by atoms with Gasteiger partial charge in [0.1, 0.15) is 5.82 Å². The number of aromatic nitrogens is 5. The highest BCUT2D eigenvalue weighted by Gasteiger charge is 2.20. The number of imidazole rings is 2. The summed E-state index contributed by atoms with van der Waals surface area (Å²) >= 11 is 12.3. The van der Waals surface area contributed by atoms with E-state index < -0.39 is 5.95 Å². The molecule has 3 aromatic heterocycles. The quantitative estimate of drug-likeness (QED) is 0.468. The molecule has 0 saturated heterocycles. The van der Waals surface area contributed by atoms with Gasteiger partial charge in [0.2, 0.25) is 5.95 Å². The van der Waals surface area contributed by atoms with Crippen LogP contribution in [0, 0.1) is 5.95 Å². The topological polar surface area (TPSA) is 68.5 Å². The fourth-order valence-electron chi connectivity index (χ4n) is 3.38. The van der Waals surface area contributed by atoms with E-state index >= 15 is 0 Å². The van der Waals surface area contributed by atoms with Crippen LogP contribution >= 0.6 is 23.2 Å². The predicted octanol–water partition coefficient (Wildman–Crippen LogP) is 4.59. The molecule has 9 heteroatoms. The van der Waals surface area contributed by atoms with Crippen LogP contribution in [0.4, 0.5) is 4.39 Å². The number of H-pyrrole nitrogens is 1. The van der Waals surface area contributed by atoms with Crippen LogP contribution in [0.15, 0.2) is 41.3 Å². The van der Waals surface area contributed by atoms with Crippen molar-refractivity contribution < 1.29 is 4.39 Å². The number of pyridine rings is 1. The minimum absolute atomic E-state index is 0.153. The maximum Gasteiger partial charge on any atom is 0.329 e. The lowest BCUT2D eigenvalue weighted by Gasteiger charge is -2.08. The van der Waals surface area contributed by atoms with E-state index in [1.54, 1.807) is 27.3 Å². The van der Waals surface area contributed by atoms with E-state index in [-0.39, 0.29) is 17.4 Å². The number of nitrogens with one attached hydrogen (secondary N) is 1. The third-order valence-corrected chi connectivity index (χ3v) is 5.52. The molecule has 1 aromatic carbocycles. The van der Waals surface area contributed by atoms with Crippen LogP contribution in [0.2, 0.25) is 10.0 Å². The molecule has 0 aliphatic rings. The smallest absolute Gasteiger partial charge is 0.329 e. The highest BCUT2D eigenvalue weighted by molar-refractivity contribution is 6.35. The Hall–Kier alpha value is -2.64. The summed E-state index contributed by atoms with van der Waals surface area (Å²) in [5, 5.41) is 1.12. The molecule has 0 bridgehead atoms. The number of benzene rings is 1. The molecule has 150 valence electrons. The Balaban J connectivity index is 1.72. The predicted molar refractivity (Wildman–Crippen MR) is 111 cm³/mol. The normalized spacial score (nSPS) is 12.6. The molecule has 3 heterocycles. The van der Waals surface area contributed by atoms with E-state index in [0.29, 0.717) is 34.4 Å². The maximum atomic E-state index is 13.4. The number of nitrogens with zero attached hydrogens (tertiary/aromatic N) is 4. The SMILES string of the molecule is CCn1c(Cc2ccc(Cl)cc2Cl)cn(C(C)c2nc3nc(F)ccc3[nH]2)c1=O. The van der Waals surface area contributed by atoms with E-state index in [0.717, 1.165) is 11.3 Å². The molecule has 0 radical (unpaired) electrons. The fraction of sp³-hybridized carbons (Fsp3) is 0.250. The number of rotatable bonds is 5. The lowest BCUT2D eigenvalue weighted by Crippen LogP contribution is -2.27.